The van der Waals surface area contributed by atoms with Gasteiger partial charge in [0.2, 0.25) is 0 Å². The normalized spacial score (nSPS) is 22.3. The zero-order valence-electron chi connectivity index (χ0n) is 8.77. The number of aromatic amines is 1. The summed E-state index contributed by atoms with van der Waals surface area (Å²) in [5, 5.41) is 3.27. The maximum Gasteiger partial charge on any atom is 0.432 e. The number of rotatable bonds is 2. The molecule has 1 atom stereocenters. The molecule has 1 saturated heterocycles. The Balaban J connectivity index is 1.97. The van der Waals surface area contributed by atoms with Gasteiger partial charge in [0.15, 0.2) is 0 Å². The fraction of sp³-hybridized carbons (Fsp3) is 0.700. The van der Waals surface area contributed by atoms with Crippen LogP contribution in [0.3, 0.4) is 0 Å². The van der Waals surface area contributed by atoms with Crippen LogP contribution >= 0.6 is 0 Å². The summed E-state index contributed by atoms with van der Waals surface area (Å²) in [6, 6.07) is 0.251. The monoisotopic (exact) mass is 233 g/mol. The third-order valence-corrected chi connectivity index (χ3v) is 2.79. The van der Waals surface area contributed by atoms with Crippen molar-refractivity contribution in [3.63, 3.8) is 0 Å². The number of hydrogen-bond acceptors (Lipinski definition) is 2. The summed E-state index contributed by atoms with van der Waals surface area (Å²) < 4.78 is 36.9. The molecule has 0 spiro atoms. The predicted octanol–water partition coefficient (Wildman–Crippen LogP) is 2.11. The number of aromatic nitrogens is 2. The fourth-order valence-corrected chi connectivity index (χ4v) is 1.94. The van der Waals surface area contributed by atoms with E-state index in [9.17, 15) is 13.2 Å². The van der Waals surface area contributed by atoms with Crippen LogP contribution in [0.5, 0.6) is 0 Å². The molecule has 1 aromatic heterocycles. The average Bonchev–Trinajstić information content (AvgIpc) is 2.67. The van der Waals surface area contributed by atoms with E-state index in [0.29, 0.717) is 12.2 Å². The van der Waals surface area contributed by atoms with Gasteiger partial charge < -0.3 is 10.3 Å². The molecule has 90 valence electrons. The van der Waals surface area contributed by atoms with E-state index < -0.39 is 11.9 Å². The van der Waals surface area contributed by atoms with E-state index in [-0.39, 0.29) is 6.04 Å². The van der Waals surface area contributed by atoms with Crippen LogP contribution in [-0.2, 0) is 12.6 Å². The topological polar surface area (TPSA) is 40.7 Å². The first kappa shape index (κ1) is 11.4. The summed E-state index contributed by atoms with van der Waals surface area (Å²) >= 11 is 0. The molecule has 0 amide bonds. The van der Waals surface area contributed by atoms with Crippen LogP contribution in [-0.4, -0.2) is 22.6 Å². The van der Waals surface area contributed by atoms with Crippen molar-refractivity contribution >= 4 is 0 Å². The summed E-state index contributed by atoms with van der Waals surface area (Å²) in [4.78, 5) is 6.09. The summed E-state index contributed by atoms with van der Waals surface area (Å²) in [5.41, 5.74) is -0.765. The van der Waals surface area contributed by atoms with Gasteiger partial charge in [-0.15, -0.1) is 0 Å². The molecule has 1 aromatic rings. The van der Waals surface area contributed by atoms with Crippen LogP contribution in [0.25, 0.3) is 0 Å². The Hall–Kier alpha value is -1.04. The predicted molar refractivity (Wildman–Crippen MR) is 52.9 cm³/mol. The molecule has 0 saturated carbocycles. The van der Waals surface area contributed by atoms with Gasteiger partial charge in [0, 0.05) is 12.5 Å². The minimum absolute atomic E-state index is 0.251. The largest absolute Gasteiger partial charge is 0.432 e. The van der Waals surface area contributed by atoms with Crippen LogP contribution in [0.15, 0.2) is 6.20 Å². The highest BCUT2D eigenvalue weighted by atomic mass is 19.4. The van der Waals surface area contributed by atoms with Gasteiger partial charge in [0.05, 0.1) is 6.20 Å². The lowest BCUT2D eigenvalue weighted by atomic mass is 10.0. The summed E-state index contributed by atoms with van der Waals surface area (Å²) in [6.45, 7) is 0.942. The van der Waals surface area contributed by atoms with Gasteiger partial charge in [-0.2, -0.15) is 13.2 Å². The molecule has 2 heterocycles. The van der Waals surface area contributed by atoms with Crippen LogP contribution in [0, 0.1) is 0 Å². The Bertz CT molecular complexity index is 339. The molecule has 1 fully saturated rings. The van der Waals surface area contributed by atoms with Crippen molar-refractivity contribution < 1.29 is 13.2 Å². The highest BCUT2D eigenvalue weighted by Crippen LogP contribution is 2.27. The van der Waals surface area contributed by atoms with E-state index in [1.807, 2.05) is 0 Å². The van der Waals surface area contributed by atoms with Crippen molar-refractivity contribution in [2.24, 2.45) is 0 Å². The van der Waals surface area contributed by atoms with Crippen molar-refractivity contribution in [1.29, 1.82) is 0 Å². The molecule has 2 rings (SSSR count). The first-order valence-corrected chi connectivity index (χ1v) is 5.40. The Morgan fingerprint density at radius 3 is 2.75 bits per heavy atom. The van der Waals surface area contributed by atoms with Crippen LogP contribution in [0.2, 0.25) is 0 Å². The Morgan fingerprint density at radius 1 is 1.38 bits per heavy atom. The Morgan fingerprint density at radius 2 is 2.19 bits per heavy atom. The van der Waals surface area contributed by atoms with Gasteiger partial charge in [0.1, 0.15) is 11.5 Å². The average molecular weight is 233 g/mol. The van der Waals surface area contributed by atoms with E-state index in [2.05, 4.69) is 15.3 Å². The van der Waals surface area contributed by atoms with E-state index in [1.54, 1.807) is 0 Å². The molecular formula is C10H14F3N3. The molecule has 0 aromatic carbocycles. The summed E-state index contributed by atoms with van der Waals surface area (Å²) in [5.74, 6) is 0.409. The number of nitrogens with one attached hydrogen (secondary N) is 2. The molecule has 1 unspecified atom stereocenters. The molecule has 16 heavy (non-hydrogen) atoms. The number of piperidine rings is 1. The maximum absolute atomic E-state index is 12.3. The van der Waals surface area contributed by atoms with E-state index in [1.165, 1.54) is 0 Å². The van der Waals surface area contributed by atoms with Gasteiger partial charge in [0.25, 0.3) is 0 Å². The number of H-pyrrole nitrogens is 1. The molecule has 2 N–H and O–H groups in total. The summed E-state index contributed by atoms with van der Waals surface area (Å²) in [6.07, 6.45) is 0.342. The molecule has 1 aliphatic rings. The van der Waals surface area contributed by atoms with Gasteiger partial charge >= 0.3 is 6.18 Å². The highest BCUT2D eigenvalue weighted by molar-refractivity contribution is 5.06. The first-order valence-electron chi connectivity index (χ1n) is 5.40. The van der Waals surface area contributed by atoms with Crippen LogP contribution in [0.4, 0.5) is 13.2 Å². The van der Waals surface area contributed by atoms with Gasteiger partial charge in [-0.05, 0) is 19.4 Å². The number of halogens is 3. The van der Waals surface area contributed by atoms with Crippen molar-refractivity contribution in [1.82, 2.24) is 15.3 Å². The third kappa shape index (κ3) is 2.75. The molecule has 0 bridgehead atoms. The van der Waals surface area contributed by atoms with Gasteiger partial charge in [-0.1, -0.05) is 6.42 Å². The van der Waals surface area contributed by atoms with Crippen molar-refractivity contribution in [2.45, 2.75) is 37.9 Å². The fourth-order valence-electron chi connectivity index (χ4n) is 1.94. The van der Waals surface area contributed by atoms with E-state index in [4.69, 9.17) is 0 Å². The molecular weight excluding hydrogens is 219 g/mol. The van der Waals surface area contributed by atoms with Crippen LogP contribution < -0.4 is 5.32 Å². The number of imidazole rings is 1. The smallest absolute Gasteiger partial charge is 0.338 e. The third-order valence-electron chi connectivity index (χ3n) is 2.79. The lowest BCUT2D eigenvalue weighted by molar-refractivity contribution is -0.140. The number of hydrogen-bond donors (Lipinski definition) is 2. The number of nitrogens with zero attached hydrogens (tertiary/aromatic N) is 1. The number of alkyl halides is 3. The molecule has 1 aliphatic heterocycles. The Labute approximate surface area is 91.5 Å². The summed E-state index contributed by atoms with van der Waals surface area (Å²) in [7, 11) is 0. The minimum Gasteiger partial charge on any atom is -0.338 e. The second kappa shape index (κ2) is 4.45. The van der Waals surface area contributed by atoms with Gasteiger partial charge in [-0.3, -0.25) is 0 Å². The van der Waals surface area contributed by atoms with Crippen molar-refractivity contribution in [3.8, 4) is 0 Å². The van der Waals surface area contributed by atoms with E-state index >= 15 is 0 Å². The Kier molecular flexibility index (Phi) is 3.18. The molecule has 3 nitrogen and oxygen atoms in total. The first-order chi connectivity index (χ1) is 7.55. The zero-order chi connectivity index (χ0) is 11.6. The minimum atomic E-state index is -4.33. The van der Waals surface area contributed by atoms with Gasteiger partial charge in [-0.25, -0.2) is 4.98 Å². The van der Waals surface area contributed by atoms with Crippen molar-refractivity contribution in [3.05, 3.63) is 17.7 Å². The lowest BCUT2D eigenvalue weighted by Gasteiger charge is -2.22. The quantitative estimate of drug-likeness (QED) is 0.821. The van der Waals surface area contributed by atoms with Crippen LogP contribution in [0.1, 0.15) is 30.8 Å². The molecule has 0 radical (unpaired) electrons. The highest BCUT2D eigenvalue weighted by Gasteiger charge is 2.33. The molecule has 6 heteroatoms. The second-order valence-electron chi connectivity index (χ2n) is 4.09. The van der Waals surface area contributed by atoms with Crippen molar-refractivity contribution in [2.75, 3.05) is 6.54 Å². The van der Waals surface area contributed by atoms with E-state index in [0.717, 1.165) is 32.0 Å². The zero-order valence-corrected chi connectivity index (χ0v) is 8.77. The second-order valence-corrected chi connectivity index (χ2v) is 4.09. The SMILES string of the molecule is FC(F)(F)c1cnc(CC2CCCCN2)[nH]1. The molecule has 0 aliphatic carbocycles. The standard InChI is InChI=1S/C10H14F3N3/c11-10(12,13)8-6-15-9(16-8)5-7-3-1-2-4-14-7/h6-7,14H,1-5H2,(H,15,16). The lowest BCUT2D eigenvalue weighted by Crippen LogP contribution is -2.35. The maximum atomic E-state index is 12.3.